The predicted octanol–water partition coefficient (Wildman–Crippen LogP) is 0.293. The maximum absolute atomic E-state index is 12.3. The van der Waals surface area contributed by atoms with Crippen molar-refractivity contribution in [1.82, 2.24) is 9.80 Å². The number of nitrogens with two attached hydrogens (primary N) is 1. The highest BCUT2D eigenvalue weighted by Gasteiger charge is 2.35. The van der Waals surface area contributed by atoms with Crippen molar-refractivity contribution < 1.29 is 9.53 Å². The molecule has 2 N–H and O–H groups in total. The SMILES string of the molecule is COC(CN)CC(=O)N1CCC2C(CCCN2C)C1. The van der Waals surface area contributed by atoms with E-state index >= 15 is 0 Å². The average molecular weight is 269 g/mol. The van der Waals surface area contributed by atoms with Crippen LogP contribution in [0, 0.1) is 5.92 Å². The van der Waals surface area contributed by atoms with Crippen molar-refractivity contribution in [3.05, 3.63) is 0 Å². The summed E-state index contributed by atoms with van der Waals surface area (Å²) in [5, 5.41) is 0. The van der Waals surface area contributed by atoms with Gasteiger partial charge in [0.1, 0.15) is 0 Å². The number of fused-ring (bicyclic) bond motifs is 1. The molecule has 0 bridgehead atoms. The Morgan fingerprint density at radius 1 is 1.42 bits per heavy atom. The molecule has 0 saturated carbocycles. The molecule has 0 spiro atoms. The van der Waals surface area contributed by atoms with Gasteiger partial charge in [-0.3, -0.25) is 4.79 Å². The Morgan fingerprint density at radius 2 is 2.21 bits per heavy atom. The lowest BCUT2D eigenvalue weighted by atomic mass is 9.84. The summed E-state index contributed by atoms with van der Waals surface area (Å²) in [5.74, 6) is 0.847. The van der Waals surface area contributed by atoms with E-state index < -0.39 is 0 Å². The Kier molecular flexibility index (Phi) is 5.19. The van der Waals surface area contributed by atoms with E-state index in [0.717, 1.165) is 19.5 Å². The fraction of sp³-hybridized carbons (Fsp3) is 0.929. The molecule has 3 unspecified atom stereocenters. The standard InChI is InChI=1S/C14H27N3O2/c1-16-6-3-4-11-10-17(7-5-13(11)16)14(18)8-12(9-15)19-2/h11-13H,3-10,15H2,1-2H3. The van der Waals surface area contributed by atoms with Crippen LogP contribution in [0.25, 0.3) is 0 Å². The number of amides is 1. The van der Waals surface area contributed by atoms with Gasteiger partial charge in [-0.15, -0.1) is 0 Å². The van der Waals surface area contributed by atoms with Gasteiger partial charge in [-0.25, -0.2) is 0 Å². The lowest BCUT2D eigenvalue weighted by molar-refractivity contribution is -0.137. The van der Waals surface area contributed by atoms with Crippen LogP contribution in [0.2, 0.25) is 0 Å². The van der Waals surface area contributed by atoms with Crippen molar-refractivity contribution in [3.63, 3.8) is 0 Å². The number of hydrogen-bond donors (Lipinski definition) is 1. The van der Waals surface area contributed by atoms with Crippen LogP contribution in [0.5, 0.6) is 0 Å². The van der Waals surface area contributed by atoms with Gasteiger partial charge >= 0.3 is 0 Å². The van der Waals surface area contributed by atoms with Crippen LogP contribution in [-0.2, 0) is 9.53 Å². The van der Waals surface area contributed by atoms with E-state index in [1.807, 2.05) is 4.90 Å². The van der Waals surface area contributed by atoms with Crippen molar-refractivity contribution in [1.29, 1.82) is 0 Å². The molecule has 110 valence electrons. The number of rotatable bonds is 4. The monoisotopic (exact) mass is 269 g/mol. The molecule has 5 nitrogen and oxygen atoms in total. The Balaban J connectivity index is 1.88. The van der Waals surface area contributed by atoms with E-state index in [0.29, 0.717) is 24.9 Å². The van der Waals surface area contributed by atoms with Gasteiger partial charge in [0, 0.05) is 32.8 Å². The summed E-state index contributed by atoms with van der Waals surface area (Å²) in [6.07, 6.45) is 3.89. The summed E-state index contributed by atoms with van der Waals surface area (Å²) >= 11 is 0. The first-order valence-corrected chi connectivity index (χ1v) is 7.36. The number of carbonyl (C=O) groups is 1. The molecular formula is C14H27N3O2. The zero-order valence-corrected chi connectivity index (χ0v) is 12.2. The smallest absolute Gasteiger partial charge is 0.225 e. The molecule has 3 atom stereocenters. The number of methoxy groups -OCH3 is 1. The molecule has 2 rings (SSSR count). The van der Waals surface area contributed by atoms with Gasteiger partial charge in [0.15, 0.2) is 0 Å². The lowest BCUT2D eigenvalue weighted by Crippen LogP contribution is -2.54. The Hall–Kier alpha value is -0.650. The summed E-state index contributed by atoms with van der Waals surface area (Å²) in [5.41, 5.74) is 5.58. The van der Waals surface area contributed by atoms with Crippen LogP contribution in [-0.4, -0.2) is 68.2 Å². The highest BCUT2D eigenvalue weighted by atomic mass is 16.5. The minimum absolute atomic E-state index is 0.140. The molecule has 2 fully saturated rings. The molecular weight excluding hydrogens is 242 g/mol. The van der Waals surface area contributed by atoms with Crippen LogP contribution in [0.1, 0.15) is 25.7 Å². The van der Waals surface area contributed by atoms with Gasteiger partial charge in [-0.1, -0.05) is 0 Å². The highest BCUT2D eigenvalue weighted by Crippen LogP contribution is 2.29. The molecule has 19 heavy (non-hydrogen) atoms. The van der Waals surface area contributed by atoms with Crippen LogP contribution >= 0.6 is 0 Å². The van der Waals surface area contributed by atoms with Crippen molar-refractivity contribution >= 4 is 5.91 Å². The van der Waals surface area contributed by atoms with Crippen LogP contribution < -0.4 is 5.73 Å². The maximum atomic E-state index is 12.3. The van der Waals surface area contributed by atoms with Crippen LogP contribution in [0.4, 0.5) is 0 Å². The molecule has 0 radical (unpaired) electrons. The third-order valence-corrected chi connectivity index (χ3v) is 4.70. The molecule has 2 aliphatic rings. The lowest BCUT2D eigenvalue weighted by Gasteiger charge is -2.46. The second-order valence-electron chi connectivity index (χ2n) is 5.88. The van der Waals surface area contributed by atoms with Crippen LogP contribution in [0.3, 0.4) is 0 Å². The number of hydrogen-bond acceptors (Lipinski definition) is 4. The molecule has 0 aromatic rings. The van der Waals surface area contributed by atoms with Gasteiger partial charge in [0.25, 0.3) is 0 Å². The second kappa shape index (κ2) is 6.68. The van der Waals surface area contributed by atoms with E-state index in [1.54, 1.807) is 7.11 Å². The fourth-order valence-corrected chi connectivity index (χ4v) is 3.47. The van der Waals surface area contributed by atoms with E-state index in [4.69, 9.17) is 10.5 Å². The highest BCUT2D eigenvalue weighted by molar-refractivity contribution is 5.76. The Labute approximate surface area is 116 Å². The van der Waals surface area contributed by atoms with E-state index in [-0.39, 0.29) is 12.0 Å². The third kappa shape index (κ3) is 3.46. The van der Waals surface area contributed by atoms with Gasteiger partial charge in [0.05, 0.1) is 12.5 Å². The minimum atomic E-state index is -0.140. The second-order valence-corrected chi connectivity index (χ2v) is 5.88. The summed E-state index contributed by atoms with van der Waals surface area (Å²) in [7, 11) is 3.83. The molecule has 0 aromatic carbocycles. The van der Waals surface area contributed by atoms with Gasteiger partial charge in [-0.05, 0) is 38.8 Å². The van der Waals surface area contributed by atoms with Crippen molar-refractivity contribution in [2.45, 2.75) is 37.8 Å². The number of ether oxygens (including phenoxy) is 1. The average Bonchev–Trinajstić information content (AvgIpc) is 2.44. The quantitative estimate of drug-likeness (QED) is 0.797. The molecule has 2 heterocycles. The van der Waals surface area contributed by atoms with Crippen molar-refractivity contribution in [2.75, 3.05) is 40.3 Å². The zero-order valence-electron chi connectivity index (χ0n) is 12.2. The van der Waals surface area contributed by atoms with E-state index in [9.17, 15) is 4.79 Å². The largest absolute Gasteiger partial charge is 0.380 e. The zero-order chi connectivity index (χ0) is 13.8. The summed E-state index contributed by atoms with van der Waals surface area (Å²) in [4.78, 5) is 16.7. The molecule has 0 aromatic heterocycles. The number of likely N-dealkylation sites (tertiary alicyclic amines) is 2. The molecule has 0 aliphatic carbocycles. The normalized spacial score (nSPS) is 29.9. The van der Waals surface area contributed by atoms with Gasteiger partial charge in [0.2, 0.25) is 5.91 Å². The Morgan fingerprint density at radius 3 is 2.89 bits per heavy atom. The van der Waals surface area contributed by atoms with E-state index in [2.05, 4.69) is 11.9 Å². The summed E-state index contributed by atoms with van der Waals surface area (Å²) in [6.45, 7) is 3.40. The molecule has 1 amide bonds. The third-order valence-electron chi connectivity index (χ3n) is 4.70. The Bertz CT molecular complexity index is 307. The molecule has 5 heteroatoms. The van der Waals surface area contributed by atoms with Crippen molar-refractivity contribution in [2.24, 2.45) is 11.7 Å². The van der Waals surface area contributed by atoms with E-state index in [1.165, 1.54) is 19.4 Å². The fourth-order valence-electron chi connectivity index (χ4n) is 3.47. The first-order chi connectivity index (χ1) is 9.15. The maximum Gasteiger partial charge on any atom is 0.225 e. The van der Waals surface area contributed by atoms with Crippen LogP contribution in [0.15, 0.2) is 0 Å². The summed E-state index contributed by atoms with van der Waals surface area (Å²) in [6, 6.07) is 0.672. The molecule has 2 saturated heterocycles. The van der Waals surface area contributed by atoms with Gasteiger partial charge < -0.3 is 20.3 Å². The minimum Gasteiger partial charge on any atom is -0.380 e. The predicted molar refractivity (Wildman–Crippen MR) is 74.8 cm³/mol. The number of nitrogens with zero attached hydrogens (tertiary/aromatic N) is 2. The van der Waals surface area contributed by atoms with Crippen molar-refractivity contribution in [3.8, 4) is 0 Å². The topological polar surface area (TPSA) is 58.8 Å². The molecule has 2 aliphatic heterocycles. The first-order valence-electron chi connectivity index (χ1n) is 7.36. The number of piperidine rings is 2. The van der Waals surface area contributed by atoms with Gasteiger partial charge in [-0.2, -0.15) is 0 Å². The summed E-state index contributed by atoms with van der Waals surface area (Å²) < 4.78 is 5.20. The number of carbonyl (C=O) groups excluding carboxylic acids is 1. The first kappa shape index (κ1) is 14.8.